The second-order valence-electron chi connectivity index (χ2n) is 5.04. The Hall–Kier alpha value is -0.670. The molecule has 1 atom stereocenters. The molecule has 2 nitrogen and oxygen atoms in total. The average molecular weight is 251 g/mol. The molecule has 0 bridgehead atoms. The molecule has 1 aliphatic rings. The second kappa shape index (κ2) is 5.78. The predicted molar refractivity (Wildman–Crippen MR) is 72.2 cm³/mol. The van der Waals surface area contributed by atoms with Crippen LogP contribution in [0.5, 0.6) is 0 Å². The molecule has 0 amide bonds. The van der Waals surface area contributed by atoms with Crippen molar-refractivity contribution < 1.29 is 4.79 Å². The van der Waals surface area contributed by atoms with Gasteiger partial charge in [0.05, 0.1) is 6.54 Å². The van der Waals surface area contributed by atoms with Crippen LogP contribution < -0.4 is 0 Å². The molecular weight excluding hydrogens is 230 g/mol. The number of nitrogens with zero attached hydrogens (tertiary/aromatic N) is 1. The molecule has 1 aromatic rings. The van der Waals surface area contributed by atoms with Crippen molar-refractivity contribution in [3.05, 3.63) is 22.4 Å². The van der Waals surface area contributed by atoms with E-state index in [0.717, 1.165) is 13.0 Å². The largest absolute Gasteiger partial charge is 0.298 e. The fourth-order valence-corrected chi connectivity index (χ4v) is 2.61. The van der Waals surface area contributed by atoms with Gasteiger partial charge in [0.15, 0.2) is 0 Å². The van der Waals surface area contributed by atoms with Gasteiger partial charge in [0.2, 0.25) is 0 Å². The summed E-state index contributed by atoms with van der Waals surface area (Å²) in [7, 11) is 0. The van der Waals surface area contributed by atoms with Gasteiger partial charge in [-0.05, 0) is 41.7 Å². The summed E-state index contributed by atoms with van der Waals surface area (Å²) in [5.74, 6) is 0.605. The zero-order chi connectivity index (χ0) is 12.3. The Morgan fingerprint density at radius 2 is 2.35 bits per heavy atom. The highest BCUT2D eigenvalue weighted by Crippen LogP contribution is 2.28. The molecule has 1 unspecified atom stereocenters. The molecule has 0 N–H and O–H groups in total. The highest BCUT2D eigenvalue weighted by molar-refractivity contribution is 7.07. The minimum absolute atomic E-state index is 0.207. The first-order valence-electron chi connectivity index (χ1n) is 6.48. The summed E-state index contributed by atoms with van der Waals surface area (Å²) < 4.78 is 0. The van der Waals surface area contributed by atoms with Crippen LogP contribution in [0.2, 0.25) is 0 Å². The number of rotatable bonds is 7. The fourth-order valence-electron chi connectivity index (χ4n) is 1.95. The average Bonchev–Trinajstić information content (AvgIpc) is 3.06. The van der Waals surface area contributed by atoms with Crippen LogP contribution in [-0.2, 0) is 11.3 Å². The first kappa shape index (κ1) is 12.8. The van der Waals surface area contributed by atoms with E-state index < -0.39 is 0 Å². The summed E-state index contributed by atoms with van der Waals surface area (Å²) >= 11 is 1.73. The number of carbonyl (C=O) groups excluding carboxylic acids is 1. The third kappa shape index (κ3) is 3.65. The minimum Gasteiger partial charge on any atom is -0.298 e. The summed E-state index contributed by atoms with van der Waals surface area (Å²) in [5, 5.41) is 4.29. The van der Waals surface area contributed by atoms with Crippen molar-refractivity contribution in [2.75, 3.05) is 6.54 Å². The number of Topliss-reactive ketones (excluding diaryl/α,β-unsaturated/α-hetero) is 1. The highest BCUT2D eigenvalue weighted by Gasteiger charge is 2.30. The third-order valence-corrected chi connectivity index (χ3v) is 4.28. The molecular formula is C14H21NOS. The first-order valence-corrected chi connectivity index (χ1v) is 7.42. The van der Waals surface area contributed by atoms with Crippen LogP contribution in [0.25, 0.3) is 0 Å². The Morgan fingerprint density at radius 3 is 2.88 bits per heavy atom. The number of hydrogen-bond acceptors (Lipinski definition) is 3. The molecule has 1 aliphatic carbocycles. The standard InChI is InChI=1S/C14H21NOS/c1-3-11(2)14(16)9-15(13-4-5-13)8-12-6-7-17-10-12/h6-7,10-11,13H,3-5,8-9H2,1-2H3. The van der Waals surface area contributed by atoms with Crippen molar-refractivity contribution in [2.24, 2.45) is 5.92 Å². The van der Waals surface area contributed by atoms with Gasteiger partial charge in [-0.2, -0.15) is 11.3 Å². The van der Waals surface area contributed by atoms with Crippen LogP contribution >= 0.6 is 11.3 Å². The van der Waals surface area contributed by atoms with Gasteiger partial charge < -0.3 is 0 Å². The molecule has 2 rings (SSSR count). The maximum Gasteiger partial charge on any atom is 0.149 e. The van der Waals surface area contributed by atoms with E-state index in [4.69, 9.17) is 0 Å². The summed E-state index contributed by atoms with van der Waals surface area (Å²) in [4.78, 5) is 14.4. The van der Waals surface area contributed by atoms with E-state index in [0.29, 0.717) is 18.4 Å². The maximum absolute atomic E-state index is 12.0. The highest BCUT2D eigenvalue weighted by atomic mass is 32.1. The van der Waals surface area contributed by atoms with Gasteiger partial charge in [-0.1, -0.05) is 13.8 Å². The van der Waals surface area contributed by atoms with Gasteiger partial charge in [0.1, 0.15) is 5.78 Å². The Morgan fingerprint density at radius 1 is 1.59 bits per heavy atom. The van der Waals surface area contributed by atoms with E-state index in [1.54, 1.807) is 11.3 Å². The topological polar surface area (TPSA) is 20.3 Å². The molecule has 94 valence electrons. The number of ketones is 1. The van der Waals surface area contributed by atoms with Crippen LogP contribution in [0, 0.1) is 5.92 Å². The summed E-state index contributed by atoms with van der Waals surface area (Å²) in [6.07, 6.45) is 3.48. The van der Waals surface area contributed by atoms with E-state index in [1.807, 2.05) is 6.92 Å². The first-order chi connectivity index (χ1) is 8.20. The monoisotopic (exact) mass is 251 g/mol. The van der Waals surface area contributed by atoms with Crippen LogP contribution in [0.4, 0.5) is 0 Å². The molecule has 0 radical (unpaired) electrons. The van der Waals surface area contributed by atoms with E-state index in [-0.39, 0.29) is 5.92 Å². The van der Waals surface area contributed by atoms with Crippen LogP contribution in [0.1, 0.15) is 38.7 Å². The molecule has 17 heavy (non-hydrogen) atoms. The molecule has 0 aliphatic heterocycles. The number of thiophene rings is 1. The Labute approximate surface area is 108 Å². The van der Waals surface area contributed by atoms with E-state index in [9.17, 15) is 4.79 Å². The molecule has 3 heteroatoms. The molecule has 0 aromatic carbocycles. The minimum atomic E-state index is 0.207. The second-order valence-corrected chi connectivity index (χ2v) is 5.82. The summed E-state index contributed by atoms with van der Waals surface area (Å²) in [6, 6.07) is 2.82. The van der Waals surface area contributed by atoms with Crippen LogP contribution in [0.15, 0.2) is 16.8 Å². The maximum atomic E-state index is 12.0. The molecule has 0 spiro atoms. The lowest BCUT2D eigenvalue weighted by Gasteiger charge is -2.22. The SMILES string of the molecule is CCC(C)C(=O)CN(Cc1ccsc1)C1CC1. The van der Waals surface area contributed by atoms with Gasteiger partial charge in [-0.15, -0.1) is 0 Å². The van der Waals surface area contributed by atoms with Crippen molar-refractivity contribution in [3.63, 3.8) is 0 Å². The van der Waals surface area contributed by atoms with Crippen molar-refractivity contribution in [1.29, 1.82) is 0 Å². The summed E-state index contributed by atoms with van der Waals surface area (Å²) in [5.41, 5.74) is 1.35. The molecule has 1 aromatic heterocycles. The van der Waals surface area contributed by atoms with Gasteiger partial charge in [0, 0.05) is 18.5 Å². The Bertz CT molecular complexity index is 356. The number of carbonyl (C=O) groups is 1. The normalized spacial score (nSPS) is 17.4. The molecule has 1 fully saturated rings. The lowest BCUT2D eigenvalue weighted by atomic mass is 10.0. The fraction of sp³-hybridized carbons (Fsp3) is 0.643. The van der Waals surface area contributed by atoms with E-state index in [2.05, 4.69) is 28.7 Å². The molecule has 0 saturated heterocycles. The Balaban J connectivity index is 1.91. The molecule has 1 saturated carbocycles. The number of hydrogen-bond donors (Lipinski definition) is 0. The van der Waals surface area contributed by atoms with Crippen LogP contribution in [0.3, 0.4) is 0 Å². The lowest BCUT2D eigenvalue weighted by Crippen LogP contribution is -2.33. The van der Waals surface area contributed by atoms with Crippen molar-refractivity contribution in [1.82, 2.24) is 4.90 Å². The zero-order valence-corrected chi connectivity index (χ0v) is 11.5. The van der Waals surface area contributed by atoms with E-state index in [1.165, 1.54) is 18.4 Å². The van der Waals surface area contributed by atoms with Crippen molar-refractivity contribution in [2.45, 2.75) is 45.7 Å². The van der Waals surface area contributed by atoms with Gasteiger partial charge in [-0.25, -0.2) is 0 Å². The van der Waals surface area contributed by atoms with Gasteiger partial charge in [0.25, 0.3) is 0 Å². The van der Waals surface area contributed by atoms with Gasteiger partial charge in [-0.3, -0.25) is 9.69 Å². The van der Waals surface area contributed by atoms with Crippen LogP contribution in [-0.4, -0.2) is 23.3 Å². The van der Waals surface area contributed by atoms with Crippen molar-refractivity contribution in [3.8, 4) is 0 Å². The molecule has 1 heterocycles. The van der Waals surface area contributed by atoms with Gasteiger partial charge >= 0.3 is 0 Å². The third-order valence-electron chi connectivity index (χ3n) is 3.55. The predicted octanol–water partition coefficient (Wildman–Crippen LogP) is 3.33. The smallest absolute Gasteiger partial charge is 0.149 e. The zero-order valence-electron chi connectivity index (χ0n) is 10.7. The Kier molecular flexibility index (Phi) is 4.35. The summed E-state index contributed by atoms with van der Waals surface area (Å²) in [6.45, 7) is 5.70. The van der Waals surface area contributed by atoms with E-state index >= 15 is 0 Å². The lowest BCUT2D eigenvalue weighted by molar-refractivity contribution is -0.123. The quantitative estimate of drug-likeness (QED) is 0.741. The van der Waals surface area contributed by atoms with Crippen molar-refractivity contribution >= 4 is 17.1 Å².